The number of nitrogens with zero attached hydrogens (tertiary/aromatic N) is 2. The first-order valence-corrected chi connectivity index (χ1v) is 6.92. The summed E-state index contributed by atoms with van der Waals surface area (Å²) < 4.78 is 0. The van der Waals surface area contributed by atoms with Gasteiger partial charge in [0.2, 0.25) is 0 Å². The van der Waals surface area contributed by atoms with Gasteiger partial charge in [0.1, 0.15) is 5.82 Å². The molecule has 18 heavy (non-hydrogen) atoms. The molecule has 100 valence electrons. The zero-order valence-corrected chi connectivity index (χ0v) is 11.4. The van der Waals surface area contributed by atoms with Crippen LogP contribution in [0.3, 0.4) is 0 Å². The summed E-state index contributed by atoms with van der Waals surface area (Å²) in [5.74, 6) is 1.47. The number of hydrogen-bond acceptors (Lipinski definition) is 4. The summed E-state index contributed by atoms with van der Waals surface area (Å²) in [5.41, 5.74) is 6.72. The Morgan fingerprint density at radius 2 is 2.00 bits per heavy atom. The highest BCUT2D eigenvalue weighted by molar-refractivity contribution is 5.36. The molecule has 1 aliphatic carbocycles. The van der Waals surface area contributed by atoms with Crippen LogP contribution in [0.25, 0.3) is 0 Å². The molecule has 0 unspecified atom stereocenters. The Balaban J connectivity index is 1.99. The summed E-state index contributed by atoms with van der Waals surface area (Å²) in [7, 11) is 0. The number of nitrogens with two attached hydrogens (primary N) is 1. The van der Waals surface area contributed by atoms with E-state index >= 15 is 0 Å². The molecule has 0 bridgehead atoms. The van der Waals surface area contributed by atoms with E-state index in [1.165, 1.54) is 25.7 Å². The van der Waals surface area contributed by atoms with Crippen molar-refractivity contribution in [1.29, 1.82) is 0 Å². The van der Waals surface area contributed by atoms with Gasteiger partial charge in [0.05, 0.1) is 5.69 Å². The molecule has 2 rings (SSSR count). The van der Waals surface area contributed by atoms with E-state index in [4.69, 9.17) is 5.73 Å². The number of rotatable bonds is 5. The standard InChI is InChI=1S/C14H24N4/c1-14(2,9-10-15)16-13-8-7-12(17-18-13)11-5-3-4-6-11/h7-8,11H,3-6,9-10,15H2,1-2H3,(H,16,18). The Bertz CT molecular complexity index is 366. The highest BCUT2D eigenvalue weighted by atomic mass is 15.2. The molecule has 1 aromatic rings. The lowest BCUT2D eigenvalue weighted by atomic mass is 10.0. The lowest BCUT2D eigenvalue weighted by Crippen LogP contribution is -2.33. The van der Waals surface area contributed by atoms with E-state index in [-0.39, 0.29) is 5.54 Å². The fourth-order valence-electron chi connectivity index (χ4n) is 2.62. The Morgan fingerprint density at radius 1 is 1.28 bits per heavy atom. The summed E-state index contributed by atoms with van der Waals surface area (Å²) in [6.07, 6.45) is 6.10. The number of anilines is 1. The van der Waals surface area contributed by atoms with E-state index in [2.05, 4.69) is 35.4 Å². The zero-order chi connectivity index (χ0) is 13.0. The molecule has 0 aliphatic heterocycles. The minimum atomic E-state index is -0.0295. The Morgan fingerprint density at radius 3 is 2.56 bits per heavy atom. The molecule has 1 heterocycles. The summed E-state index contributed by atoms with van der Waals surface area (Å²) in [6.45, 7) is 4.94. The third-order valence-electron chi connectivity index (χ3n) is 3.69. The molecule has 0 spiro atoms. The monoisotopic (exact) mass is 248 g/mol. The number of aromatic nitrogens is 2. The SMILES string of the molecule is CC(C)(CCN)Nc1ccc(C2CCCC2)nn1. The maximum Gasteiger partial charge on any atom is 0.149 e. The maximum absolute atomic E-state index is 5.60. The van der Waals surface area contributed by atoms with Crippen LogP contribution in [0.5, 0.6) is 0 Å². The van der Waals surface area contributed by atoms with Gasteiger partial charge in [-0.3, -0.25) is 0 Å². The molecule has 0 radical (unpaired) electrons. The van der Waals surface area contributed by atoms with Gasteiger partial charge in [-0.25, -0.2) is 0 Å². The Kier molecular flexibility index (Phi) is 4.17. The molecule has 1 saturated carbocycles. The van der Waals surface area contributed by atoms with Crippen molar-refractivity contribution >= 4 is 5.82 Å². The van der Waals surface area contributed by atoms with Crippen LogP contribution in [-0.2, 0) is 0 Å². The molecule has 4 nitrogen and oxygen atoms in total. The molecule has 1 aliphatic rings. The quantitative estimate of drug-likeness (QED) is 0.841. The fourth-order valence-corrected chi connectivity index (χ4v) is 2.62. The van der Waals surface area contributed by atoms with E-state index in [0.717, 1.165) is 17.9 Å². The van der Waals surface area contributed by atoms with Crippen LogP contribution in [0.4, 0.5) is 5.82 Å². The van der Waals surface area contributed by atoms with E-state index < -0.39 is 0 Å². The van der Waals surface area contributed by atoms with Gasteiger partial charge in [0, 0.05) is 11.5 Å². The predicted molar refractivity (Wildman–Crippen MR) is 74.6 cm³/mol. The van der Waals surface area contributed by atoms with Gasteiger partial charge < -0.3 is 11.1 Å². The van der Waals surface area contributed by atoms with Gasteiger partial charge in [-0.1, -0.05) is 12.8 Å². The Labute approximate surface area is 109 Å². The van der Waals surface area contributed by atoms with Crippen molar-refractivity contribution in [1.82, 2.24) is 10.2 Å². The van der Waals surface area contributed by atoms with Gasteiger partial charge in [-0.2, -0.15) is 5.10 Å². The summed E-state index contributed by atoms with van der Waals surface area (Å²) >= 11 is 0. The van der Waals surface area contributed by atoms with Crippen molar-refractivity contribution in [2.75, 3.05) is 11.9 Å². The average molecular weight is 248 g/mol. The molecule has 1 fully saturated rings. The molecule has 4 heteroatoms. The van der Waals surface area contributed by atoms with Crippen molar-refractivity contribution in [3.63, 3.8) is 0 Å². The summed E-state index contributed by atoms with van der Waals surface area (Å²) in [5, 5.41) is 12.0. The van der Waals surface area contributed by atoms with Gasteiger partial charge in [0.15, 0.2) is 0 Å². The second-order valence-corrected chi connectivity index (χ2v) is 5.87. The molecular formula is C14H24N4. The van der Waals surface area contributed by atoms with Crippen LogP contribution in [0.15, 0.2) is 12.1 Å². The van der Waals surface area contributed by atoms with Crippen molar-refractivity contribution in [2.45, 2.75) is 57.4 Å². The van der Waals surface area contributed by atoms with Crippen molar-refractivity contribution < 1.29 is 0 Å². The molecule has 1 aromatic heterocycles. The van der Waals surface area contributed by atoms with Gasteiger partial charge >= 0.3 is 0 Å². The minimum Gasteiger partial charge on any atom is -0.364 e. The fraction of sp³-hybridized carbons (Fsp3) is 0.714. The van der Waals surface area contributed by atoms with Crippen molar-refractivity contribution in [2.24, 2.45) is 5.73 Å². The van der Waals surface area contributed by atoms with Crippen LogP contribution >= 0.6 is 0 Å². The highest BCUT2D eigenvalue weighted by Gasteiger charge is 2.20. The van der Waals surface area contributed by atoms with E-state index in [0.29, 0.717) is 12.5 Å². The first-order valence-electron chi connectivity index (χ1n) is 6.92. The van der Waals surface area contributed by atoms with Gasteiger partial charge in [-0.15, -0.1) is 5.10 Å². The summed E-state index contributed by atoms with van der Waals surface area (Å²) in [4.78, 5) is 0. The van der Waals surface area contributed by atoms with E-state index in [1.54, 1.807) is 0 Å². The second-order valence-electron chi connectivity index (χ2n) is 5.87. The van der Waals surface area contributed by atoms with Crippen LogP contribution in [-0.4, -0.2) is 22.3 Å². The van der Waals surface area contributed by atoms with Gasteiger partial charge in [-0.05, 0) is 51.8 Å². The number of hydrogen-bond donors (Lipinski definition) is 2. The molecule has 0 aromatic carbocycles. The maximum atomic E-state index is 5.60. The van der Waals surface area contributed by atoms with Crippen LogP contribution in [0.1, 0.15) is 57.6 Å². The molecule has 0 saturated heterocycles. The zero-order valence-electron chi connectivity index (χ0n) is 11.4. The molecule has 3 N–H and O–H groups in total. The van der Waals surface area contributed by atoms with Crippen LogP contribution < -0.4 is 11.1 Å². The van der Waals surface area contributed by atoms with Crippen LogP contribution in [0, 0.1) is 0 Å². The first-order chi connectivity index (χ1) is 8.61. The number of nitrogens with one attached hydrogen (secondary N) is 1. The molecule has 0 atom stereocenters. The van der Waals surface area contributed by atoms with Crippen molar-refractivity contribution in [3.05, 3.63) is 17.8 Å². The minimum absolute atomic E-state index is 0.0295. The lowest BCUT2D eigenvalue weighted by molar-refractivity contribution is 0.523. The third-order valence-corrected chi connectivity index (χ3v) is 3.69. The smallest absolute Gasteiger partial charge is 0.149 e. The second kappa shape index (κ2) is 5.65. The lowest BCUT2D eigenvalue weighted by Gasteiger charge is -2.26. The average Bonchev–Trinajstić information content (AvgIpc) is 2.82. The van der Waals surface area contributed by atoms with E-state index in [1.807, 2.05) is 6.07 Å². The van der Waals surface area contributed by atoms with Gasteiger partial charge in [0.25, 0.3) is 0 Å². The Hall–Kier alpha value is -1.16. The molecular weight excluding hydrogens is 224 g/mol. The normalized spacial score (nSPS) is 17.1. The summed E-state index contributed by atoms with van der Waals surface area (Å²) in [6, 6.07) is 4.16. The largest absolute Gasteiger partial charge is 0.364 e. The van der Waals surface area contributed by atoms with E-state index in [9.17, 15) is 0 Å². The first kappa shape index (κ1) is 13.3. The van der Waals surface area contributed by atoms with Crippen molar-refractivity contribution in [3.8, 4) is 0 Å². The highest BCUT2D eigenvalue weighted by Crippen LogP contribution is 2.32. The topological polar surface area (TPSA) is 63.8 Å². The molecule has 0 amide bonds. The van der Waals surface area contributed by atoms with Crippen LogP contribution in [0.2, 0.25) is 0 Å². The third kappa shape index (κ3) is 3.42. The predicted octanol–water partition coefficient (Wildman–Crippen LogP) is 2.67.